The zero-order valence-electron chi connectivity index (χ0n) is 17.1. The van der Waals surface area contributed by atoms with Crippen molar-refractivity contribution in [3.8, 4) is 0 Å². The molecule has 0 unspecified atom stereocenters. The number of H-pyrrole nitrogens is 1. The van der Waals surface area contributed by atoms with E-state index in [1.54, 1.807) is 29.0 Å². The van der Waals surface area contributed by atoms with Crippen LogP contribution in [0.1, 0.15) is 39.8 Å². The van der Waals surface area contributed by atoms with Crippen molar-refractivity contribution in [3.05, 3.63) is 87.9 Å². The molecule has 33 heavy (non-hydrogen) atoms. The molecular weight excluding hydrogens is 453 g/mol. The van der Waals surface area contributed by atoms with E-state index in [0.29, 0.717) is 11.1 Å². The molecule has 6 nitrogen and oxygen atoms in total. The van der Waals surface area contributed by atoms with Crippen molar-refractivity contribution in [2.24, 2.45) is 0 Å². The molecule has 2 amide bonds. The van der Waals surface area contributed by atoms with Gasteiger partial charge < -0.3 is 15.6 Å². The average molecular weight is 472 g/mol. The van der Waals surface area contributed by atoms with Gasteiger partial charge >= 0.3 is 6.18 Å². The van der Waals surface area contributed by atoms with Crippen LogP contribution in [0.5, 0.6) is 0 Å². The molecule has 170 valence electrons. The summed E-state index contributed by atoms with van der Waals surface area (Å²) in [5.74, 6) is -1.64. The number of carbonyl (C=O) groups excluding carboxylic acids is 2. The fourth-order valence-corrected chi connectivity index (χ4v) is 4.00. The third-order valence-corrected chi connectivity index (χ3v) is 5.65. The molecule has 0 aliphatic rings. The third-order valence-electron chi connectivity index (χ3n) is 4.97. The Morgan fingerprint density at radius 1 is 1.06 bits per heavy atom. The standard InChI is InChI=1S/C23H19F3N4O2S/c24-23(25,26)22-28-17-7-6-15(12-18(17)29-22)20(14-4-2-1-3-5-14)30-19(31)8-10-27-21(32)16-9-11-33-13-16/h1-7,9,11-13,20H,8,10H2,(H,27,32)(H,28,29)(H,30,31)/t20-/m1/s1. The Morgan fingerprint density at radius 3 is 2.55 bits per heavy atom. The van der Waals surface area contributed by atoms with Crippen molar-refractivity contribution in [2.75, 3.05) is 6.54 Å². The number of hydrogen-bond acceptors (Lipinski definition) is 4. The Labute approximate surface area is 190 Å². The monoisotopic (exact) mass is 472 g/mol. The van der Waals surface area contributed by atoms with Crippen LogP contribution in [0.4, 0.5) is 13.2 Å². The van der Waals surface area contributed by atoms with E-state index in [9.17, 15) is 22.8 Å². The zero-order chi connectivity index (χ0) is 23.4. The minimum atomic E-state index is -4.58. The van der Waals surface area contributed by atoms with Crippen LogP contribution < -0.4 is 10.6 Å². The topological polar surface area (TPSA) is 86.9 Å². The molecule has 4 rings (SSSR count). The van der Waals surface area contributed by atoms with Gasteiger partial charge in [0.1, 0.15) is 0 Å². The summed E-state index contributed by atoms with van der Waals surface area (Å²) in [4.78, 5) is 30.6. The summed E-state index contributed by atoms with van der Waals surface area (Å²) >= 11 is 1.41. The average Bonchev–Trinajstić information content (AvgIpc) is 3.47. The minimum absolute atomic E-state index is 0.0454. The van der Waals surface area contributed by atoms with Crippen LogP contribution in [-0.2, 0) is 11.0 Å². The van der Waals surface area contributed by atoms with Gasteiger partial charge in [0, 0.05) is 23.9 Å². The number of thiophene rings is 1. The molecule has 2 heterocycles. The van der Waals surface area contributed by atoms with Gasteiger partial charge in [-0.15, -0.1) is 0 Å². The Kier molecular flexibility index (Phi) is 6.45. The largest absolute Gasteiger partial charge is 0.449 e. The number of imidazole rings is 1. The number of hydrogen-bond donors (Lipinski definition) is 3. The van der Waals surface area contributed by atoms with Crippen molar-refractivity contribution in [3.63, 3.8) is 0 Å². The highest BCUT2D eigenvalue weighted by Crippen LogP contribution is 2.30. The fourth-order valence-electron chi connectivity index (χ4n) is 3.36. The first-order valence-corrected chi connectivity index (χ1v) is 11.0. The normalized spacial score (nSPS) is 12.5. The van der Waals surface area contributed by atoms with Crippen LogP contribution in [-0.4, -0.2) is 28.3 Å². The van der Waals surface area contributed by atoms with E-state index in [-0.39, 0.29) is 35.8 Å². The molecule has 0 fully saturated rings. The number of fused-ring (bicyclic) bond motifs is 1. The number of nitrogens with one attached hydrogen (secondary N) is 3. The molecular formula is C23H19F3N4O2S. The SMILES string of the molecule is O=C(CCNC(=O)c1ccsc1)N[C@H](c1ccccc1)c1ccc2nc(C(F)(F)F)[nH]c2c1. The van der Waals surface area contributed by atoms with Gasteiger partial charge in [0.2, 0.25) is 11.7 Å². The van der Waals surface area contributed by atoms with E-state index >= 15 is 0 Å². The molecule has 0 saturated carbocycles. The smallest absolute Gasteiger partial charge is 0.351 e. The number of aromatic nitrogens is 2. The first-order chi connectivity index (χ1) is 15.8. The first-order valence-electron chi connectivity index (χ1n) is 10.0. The van der Waals surface area contributed by atoms with Gasteiger partial charge in [-0.05, 0) is 34.7 Å². The summed E-state index contributed by atoms with van der Waals surface area (Å²) < 4.78 is 39.0. The Bertz CT molecular complexity index is 1250. The lowest BCUT2D eigenvalue weighted by Crippen LogP contribution is -2.33. The van der Waals surface area contributed by atoms with Gasteiger partial charge in [0.25, 0.3) is 5.91 Å². The highest BCUT2D eigenvalue weighted by atomic mass is 32.1. The Balaban J connectivity index is 1.51. The van der Waals surface area contributed by atoms with Crippen molar-refractivity contribution in [1.82, 2.24) is 20.6 Å². The van der Waals surface area contributed by atoms with Gasteiger partial charge in [-0.2, -0.15) is 24.5 Å². The molecule has 2 aromatic carbocycles. The highest BCUT2D eigenvalue weighted by molar-refractivity contribution is 7.08. The molecule has 1 atom stereocenters. The quantitative estimate of drug-likeness (QED) is 0.365. The molecule has 10 heteroatoms. The molecule has 0 aliphatic carbocycles. The van der Waals surface area contributed by atoms with E-state index in [1.807, 2.05) is 30.3 Å². The first kappa shape index (κ1) is 22.5. The van der Waals surface area contributed by atoms with E-state index in [2.05, 4.69) is 20.6 Å². The van der Waals surface area contributed by atoms with Crippen LogP contribution in [0.2, 0.25) is 0 Å². The van der Waals surface area contributed by atoms with Crippen LogP contribution in [0, 0.1) is 0 Å². The lowest BCUT2D eigenvalue weighted by molar-refractivity contribution is -0.144. The van der Waals surface area contributed by atoms with Crippen molar-refractivity contribution >= 4 is 34.2 Å². The second-order valence-electron chi connectivity index (χ2n) is 7.29. The Hall–Kier alpha value is -3.66. The van der Waals surface area contributed by atoms with Crippen LogP contribution in [0.3, 0.4) is 0 Å². The third kappa shape index (κ3) is 5.40. The maximum Gasteiger partial charge on any atom is 0.449 e. The molecule has 0 spiro atoms. The number of halogens is 3. The van der Waals surface area contributed by atoms with E-state index < -0.39 is 18.0 Å². The molecule has 2 aromatic heterocycles. The molecule has 0 bridgehead atoms. The summed E-state index contributed by atoms with van der Waals surface area (Å²) in [6, 6.07) is 14.9. The summed E-state index contributed by atoms with van der Waals surface area (Å²) in [5.41, 5.74) is 2.30. The van der Waals surface area contributed by atoms with Gasteiger partial charge in [0.05, 0.1) is 17.1 Å². The second-order valence-corrected chi connectivity index (χ2v) is 8.07. The van der Waals surface area contributed by atoms with Crippen molar-refractivity contribution in [2.45, 2.75) is 18.6 Å². The van der Waals surface area contributed by atoms with Crippen molar-refractivity contribution < 1.29 is 22.8 Å². The highest BCUT2D eigenvalue weighted by Gasteiger charge is 2.34. The zero-order valence-corrected chi connectivity index (χ0v) is 18.0. The second kappa shape index (κ2) is 9.45. The summed E-state index contributed by atoms with van der Waals surface area (Å²) in [6.07, 6.45) is -4.54. The van der Waals surface area contributed by atoms with Gasteiger partial charge in [0.15, 0.2) is 0 Å². The summed E-state index contributed by atoms with van der Waals surface area (Å²) in [7, 11) is 0. The van der Waals surface area contributed by atoms with Gasteiger partial charge in [-0.1, -0.05) is 36.4 Å². The molecule has 0 aliphatic heterocycles. The maximum absolute atomic E-state index is 13.0. The van der Waals surface area contributed by atoms with E-state index in [4.69, 9.17) is 0 Å². The van der Waals surface area contributed by atoms with Gasteiger partial charge in [-0.25, -0.2) is 4.98 Å². The van der Waals surface area contributed by atoms with Crippen molar-refractivity contribution in [1.29, 1.82) is 0 Å². The number of carbonyl (C=O) groups is 2. The predicted molar refractivity (Wildman–Crippen MR) is 119 cm³/mol. The lowest BCUT2D eigenvalue weighted by atomic mass is 9.98. The Morgan fingerprint density at radius 2 is 1.85 bits per heavy atom. The molecule has 0 radical (unpaired) electrons. The predicted octanol–water partition coefficient (Wildman–Crippen LogP) is 4.67. The number of aromatic amines is 1. The van der Waals surface area contributed by atoms with Crippen LogP contribution in [0.25, 0.3) is 11.0 Å². The number of rotatable bonds is 7. The number of benzene rings is 2. The molecule has 0 saturated heterocycles. The summed E-state index contributed by atoms with van der Waals surface area (Å²) in [5, 5.41) is 9.12. The molecule has 4 aromatic rings. The maximum atomic E-state index is 13.0. The van der Waals surface area contributed by atoms with E-state index in [1.165, 1.54) is 17.4 Å². The van der Waals surface area contributed by atoms with Gasteiger partial charge in [-0.3, -0.25) is 9.59 Å². The van der Waals surface area contributed by atoms with Crippen LogP contribution >= 0.6 is 11.3 Å². The number of amides is 2. The summed E-state index contributed by atoms with van der Waals surface area (Å²) in [6.45, 7) is 0.149. The number of nitrogens with zero attached hydrogens (tertiary/aromatic N) is 1. The van der Waals surface area contributed by atoms with Crippen LogP contribution in [0.15, 0.2) is 65.4 Å². The fraction of sp³-hybridized carbons (Fsp3) is 0.174. The lowest BCUT2D eigenvalue weighted by Gasteiger charge is -2.20. The molecule has 3 N–H and O–H groups in total. The minimum Gasteiger partial charge on any atom is -0.351 e. The van der Waals surface area contributed by atoms with E-state index in [0.717, 1.165) is 5.56 Å². The number of alkyl halides is 3.